The zero-order valence-electron chi connectivity index (χ0n) is 15.6. The normalized spacial score (nSPS) is 12.3. The van der Waals surface area contributed by atoms with Crippen LogP contribution >= 0.6 is 0 Å². The number of nitrogens with one attached hydrogen (secondary N) is 2. The number of aliphatic imine (C=N–C) groups is 1. The summed E-state index contributed by atoms with van der Waals surface area (Å²) in [5.41, 5.74) is 1.14. The van der Waals surface area contributed by atoms with Crippen LogP contribution in [-0.4, -0.2) is 65.3 Å². The molecule has 0 unspecified atom stereocenters. The molecule has 142 valence electrons. The van der Waals surface area contributed by atoms with Crippen LogP contribution in [0.5, 0.6) is 5.75 Å². The molecule has 0 radical (unpaired) electrons. The van der Waals surface area contributed by atoms with Crippen LogP contribution in [-0.2, 0) is 16.4 Å². The van der Waals surface area contributed by atoms with Crippen molar-refractivity contribution >= 4 is 16.0 Å². The molecule has 25 heavy (non-hydrogen) atoms. The summed E-state index contributed by atoms with van der Waals surface area (Å²) in [6.07, 6.45) is 1.53. The second-order valence-corrected chi connectivity index (χ2v) is 7.93. The second kappa shape index (κ2) is 10.9. The first kappa shape index (κ1) is 21.2. The van der Waals surface area contributed by atoms with Crippen LogP contribution in [0.1, 0.15) is 18.9 Å². The highest BCUT2D eigenvalue weighted by molar-refractivity contribution is 7.89. The van der Waals surface area contributed by atoms with Gasteiger partial charge < -0.3 is 15.4 Å². The summed E-state index contributed by atoms with van der Waals surface area (Å²) in [7, 11) is 1.89. The third-order valence-corrected chi connectivity index (χ3v) is 5.75. The van der Waals surface area contributed by atoms with Gasteiger partial charge in [-0.3, -0.25) is 4.99 Å². The van der Waals surface area contributed by atoms with E-state index in [2.05, 4.69) is 15.6 Å². The predicted molar refractivity (Wildman–Crippen MR) is 103 cm³/mol. The van der Waals surface area contributed by atoms with E-state index in [0.717, 1.165) is 24.3 Å². The van der Waals surface area contributed by atoms with Crippen molar-refractivity contribution in [3.8, 4) is 5.75 Å². The first-order valence-electron chi connectivity index (χ1n) is 8.45. The van der Waals surface area contributed by atoms with Gasteiger partial charge in [0, 0.05) is 33.7 Å². The molecule has 0 saturated carbocycles. The predicted octanol–water partition coefficient (Wildman–Crippen LogP) is 1.07. The molecule has 0 spiro atoms. The molecule has 7 nitrogen and oxygen atoms in total. The lowest BCUT2D eigenvalue weighted by Gasteiger charge is -2.17. The minimum Gasteiger partial charge on any atom is -0.496 e. The first-order valence-corrected chi connectivity index (χ1v) is 10.1. The molecule has 0 fully saturated rings. The molecule has 0 aliphatic rings. The van der Waals surface area contributed by atoms with Crippen molar-refractivity contribution in [1.82, 2.24) is 14.9 Å². The van der Waals surface area contributed by atoms with Gasteiger partial charge in [-0.1, -0.05) is 18.2 Å². The van der Waals surface area contributed by atoms with E-state index in [-0.39, 0.29) is 5.75 Å². The van der Waals surface area contributed by atoms with E-state index in [1.807, 2.05) is 24.3 Å². The highest BCUT2D eigenvalue weighted by Gasteiger charge is 2.13. The van der Waals surface area contributed by atoms with Crippen LogP contribution in [0.2, 0.25) is 0 Å². The van der Waals surface area contributed by atoms with Crippen molar-refractivity contribution in [3.05, 3.63) is 29.8 Å². The average molecular weight is 371 g/mol. The average Bonchev–Trinajstić information content (AvgIpc) is 2.63. The molecule has 8 heteroatoms. The van der Waals surface area contributed by atoms with Crippen LogP contribution in [0.25, 0.3) is 0 Å². The van der Waals surface area contributed by atoms with Crippen molar-refractivity contribution in [1.29, 1.82) is 0 Å². The van der Waals surface area contributed by atoms with E-state index < -0.39 is 10.0 Å². The molecule has 0 aliphatic heterocycles. The van der Waals surface area contributed by atoms with Crippen molar-refractivity contribution in [2.75, 3.05) is 46.6 Å². The van der Waals surface area contributed by atoms with E-state index in [9.17, 15) is 8.42 Å². The Bertz CT molecular complexity index is 647. The molecule has 2 N–H and O–H groups in total. The summed E-state index contributed by atoms with van der Waals surface area (Å²) in [6.45, 7) is 3.51. The van der Waals surface area contributed by atoms with E-state index in [1.54, 1.807) is 28.1 Å². The van der Waals surface area contributed by atoms with Gasteiger partial charge in [0.15, 0.2) is 5.96 Å². The highest BCUT2D eigenvalue weighted by atomic mass is 32.2. The fourth-order valence-corrected chi connectivity index (χ4v) is 3.16. The fraction of sp³-hybridized carbons (Fsp3) is 0.588. The van der Waals surface area contributed by atoms with Crippen molar-refractivity contribution in [2.45, 2.75) is 19.8 Å². The summed E-state index contributed by atoms with van der Waals surface area (Å²) in [4.78, 5) is 4.17. The first-order chi connectivity index (χ1) is 11.9. The van der Waals surface area contributed by atoms with Crippen molar-refractivity contribution in [2.24, 2.45) is 4.99 Å². The minimum absolute atomic E-state index is 0.128. The van der Waals surface area contributed by atoms with Crippen LogP contribution in [0.3, 0.4) is 0 Å². The Labute approximate surface area is 151 Å². The van der Waals surface area contributed by atoms with Gasteiger partial charge >= 0.3 is 0 Å². The van der Waals surface area contributed by atoms with Crippen LogP contribution in [0.15, 0.2) is 29.3 Å². The molecule has 0 bridgehead atoms. The van der Waals surface area contributed by atoms with Gasteiger partial charge in [0.1, 0.15) is 5.75 Å². The van der Waals surface area contributed by atoms with E-state index in [0.29, 0.717) is 25.5 Å². The standard InChI is InChI=1S/C17H30N4O3S/c1-5-25(22,23)21(3)14-8-12-19-17(18-2)20-13-11-15-9-6-7-10-16(15)24-4/h6-7,9-10H,5,8,11-14H2,1-4H3,(H2,18,19,20). The number of sulfonamides is 1. The van der Waals surface area contributed by atoms with E-state index in [4.69, 9.17) is 4.74 Å². The third-order valence-electron chi connectivity index (χ3n) is 3.88. The van der Waals surface area contributed by atoms with E-state index >= 15 is 0 Å². The zero-order chi connectivity index (χ0) is 18.7. The molecule has 0 aliphatic carbocycles. The largest absolute Gasteiger partial charge is 0.496 e. The molecule has 1 aromatic rings. The van der Waals surface area contributed by atoms with Gasteiger partial charge in [-0.2, -0.15) is 0 Å². The topological polar surface area (TPSA) is 83.0 Å². The molecule has 0 heterocycles. The number of para-hydroxylation sites is 1. The molecule has 0 amide bonds. The third kappa shape index (κ3) is 7.31. The quantitative estimate of drug-likeness (QED) is 0.366. The minimum atomic E-state index is -3.11. The molecule has 0 saturated heterocycles. The summed E-state index contributed by atoms with van der Waals surface area (Å²) >= 11 is 0. The Kier molecular flexibility index (Phi) is 9.30. The Hall–Kier alpha value is -1.80. The summed E-state index contributed by atoms with van der Waals surface area (Å²) in [5.74, 6) is 1.71. The number of guanidine groups is 1. The van der Waals surface area contributed by atoms with Crippen LogP contribution in [0.4, 0.5) is 0 Å². The molecule has 1 aromatic carbocycles. The van der Waals surface area contributed by atoms with Crippen LogP contribution < -0.4 is 15.4 Å². The van der Waals surface area contributed by atoms with Crippen molar-refractivity contribution < 1.29 is 13.2 Å². The van der Waals surface area contributed by atoms with Gasteiger partial charge in [0.05, 0.1) is 12.9 Å². The van der Waals surface area contributed by atoms with Gasteiger partial charge in [-0.05, 0) is 31.4 Å². The molecule has 0 atom stereocenters. The van der Waals surface area contributed by atoms with Crippen molar-refractivity contribution in [3.63, 3.8) is 0 Å². The zero-order valence-corrected chi connectivity index (χ0v) is 16.4. The lowest BCUT2D eigenvalue weighted by molar-refractivity contribution is 0.409. The maximum Gasteiger partial charge on any atom is 0.213 e. The molecular formula is C17H30N4O3S. The van der Waals surface area contributed by atoms with E-state index in [1.165, 1.54) is 4.31 Å². The Balaban J connectivity index is 2.31. The summed E-state index contributed by atoms with van der Waals surface area (Å²) in [6, 6.07) is 7.93. The highest BCUT2D eigenvalue weighted by Crippen LogP contribution is 2.17. The monoisotopic (exact) mass is 370 g/mol. The number of methoxy groups -OCH3 is 1. The molecular weight excluding hydrogens is 340 g/mol. The number of benzene rings is 1. The lowest BCUT2D eigenvalue weighted by atomic mass is 10.1. The maximum atomic E-state index is 11.7. The summed E-state index contributed by atoms with van der Waals surface area (Å²) < 4.78 is 30.1. The SMILES string of the molecule is CCS(=O)(=O)N(C)CCCNC(=NC)NCCc1ccccc1OC. The van der Waals surface area contributed by atoms with Gasteiger partial charge in [-0.25, -0.2) is 12.7 Å². The number of rotatable bonds is 10. The fourth-order valence-electron chi connectivity index (χ4n) is 2.31. The smallest absolute Gasteiger partial charge is 0.213 e. The Morgan fingerprint density at radius 3 is 2.56 bits per heavy atom. The maximum absolute atomic E-state index is 11.7. The van der Waals surface area contributed by atoms with Gasteiger partial charge in [0.2, 0.25) is 10.0 Å². The second-order valence-electron chi connectivity index (χ2n) is 5.56. The molecule has 1 rings (SSSR count). The summed E-state index contributed by atoms with van der Waals surface area (Å²) in [5, 5.41) is 6.45. The Morgan fingerprint density at radius 1 is 1.24 bits per heavy atom. The van der Waals surface area contributed by atoms with Crippen LogP contribution in [0, 0.1) is 0 Å². The lowest BCUT2D eigenvalue weighted by Crippen LogP contribution is -2.40. The number of hydrogen-bond donors (Lipinski definition) is 2. The van der Waals surface area contributed by atoms with Gasteiger partial charge in [0.25, 0.3) is 0 Å². The number of nitrogens with zero attached hydrogens (tertiary/aromatic N) is 2. The Morgan fingerprint density at radius 2 is 1.92 bits per heavy atom. The molecule has 0 aromatic heterocycles. The number of ether oxygens (including phenoxy) is 1. The van der Waals surface area contributed by atoms with Gasteiger partial charge in [-0.15, -0.1) is 0 Å². The number of hydrogen-bond acceptors (Lipinski definition) is 4.